The molecular weight excluding hydrogens is 458 g/mol. The number of amides is 4. The number of aryl methyl sites for hydroxylation is 3. The van der Waals surface area contributed by atoms with E-state index in [9.17, 15) is 19.2 Å². The van der Waals surface area contributed by atoms with Crippen LogP contribution in [-0.4, -0.2) is 35.5 Å². The molecule has 0 atom stereocenters. The minimum absolute atomic E-state index is 0.145. The Bertz CT molecular complexity index is 1480. The topological polar surface area (TPSA) is 97.7 Å². The molecule has 8 heteroatoms. The van der Waals surface area contributed by atoms with Gasteiger partial charge in [0.15, 0.2) is 0 Å². The van der Waals surface area contributed by atoms with Crippen LogP contribution >= 0.6 is 0 Å². The number of ether oxygens (including phenoxy) is 1. The van der Waals surface area contributed by atoms with Gasteiger partial charge < -0.3 is 9.30 Å². The number of benzene rings is 2. The molecule has 3 aromatic rings. The number of aromatic nitrogens is 1. The summed E-state index contributed by atoms with van der Waals surface area (Å²) in [4.78, 5) is 51.8. The third kappa shape index (κ3) is 4.11. The molecule has 184 valence electrons. The van der Waals surface area contributed by atoms with Gasteiger partial charge in [0, 0.05) is 17.1 Å². The molecular formula is C28H27N3O5. The predicted molar refractivity (Wildman–Crippen MR) is 136 cm³/mol. The standard InChI is InChI=1S/C28H27N3O5/c1-15-10-11-21(12-16(15)2)31-26(33)23(25(32)29-28(31)35)14-20-13-17(3)30(19(20)5)24-9-7-8-22(18(24)4)27(34)36-6/h7-14H,1-6H3,(H,29,32,35)/b23-14+. The first-order valence-electron chi connectivity index (χ1n) is 11.4. The molecule has 2 heterocycles. The molecule has 0 unspecified atom stereocenters. The molecule has 1 N–H and O–H groups in total. The largest absolute Gasteiger partial charge is 0.465 e. The van der Waals surface area contributed by atoms with Crippen LogP contribution in [-0.2, 0) is 14.3 Å². The van der Waals surface area contributed by atoms with Crippen molar-refractivity contribution in [1.82, 2.24) is 9.88 Å². The summed E-state index contributed by atoms with van der Waals surface area (Å²) in [6, 6.07) is 11.7. The second-order valence-electron chi connectivity index (χ2n) is 8.83. The highest BCUT2D eigenvalue weighted by Crippen LogP contribution is 2.29. The molecule has 1 fully saturated rings. The van der Waals surface area contributed by atoms with Crippen LogP contribution < -0.4 is 10.2 Å². The van der Waals surface area contributed by atoms with Gasteiger partial charge in [0.2, 0.25) is 0 Å². The normalized spacial score (nSPS) is 14.9. The number of nitrogens with one attached hydrogen (secondary N) is 1. The number of nitrogens with zero attached hydrogens (tertiary/aromatic N) is 2. The second-order valence-corrected chi connectivity index (χ2v) is 8.83. The van der Waals surface area contributed by atoms with Crippen molar-refractivity contribution in [2.75, 3.05) is 12.0 Å². The molecule has 0 saturated carbocycles. The fourth-order valence-electron chi connectivity index (χ4n) is 4.41. The van der Waals surface area contributed by atoms with Crippen molar-refractivity contribution in [2.45, 2.75) is 34.6 Å². The van der Waals surface area contributed by atoms with Crippen molar-refractivity contribution in [1.29, 1.82) is 0 Å². The lowest BCUT2D eigenvalue weighted by molar-refractivity contribution is -0.122. The van der Waals surface area contributed by atoms with Gasteiger partial charge in [0.05, 0.1) is 18.4 Å². The van der Waals surface area contributed by atoms with Crippen molar-refractivity contribution in [2.24, 2.45) is 0 Å². The SMILES string of the molecule is COC(=O)c1cccc(-n2c(C)cc(/C=C3\C(=O)NC(=O)N(c4ccc(C)c(C)c4)C3=O)c2C)c1C. The highest BCUT2D eigenvalue weighted by Gasteiger charge is 2.37. The number of urea groups is 1. The highest BCUT2D eigenvalue weighted by molar-refractivity contribution is 6.39. The molecule has 2 aromatic carbocycles. The van der Waals surface area contributed by atoms with Crippen molar-refractivity contribution >= 4 is 35.6 Å². The van der Waals surface area contributed by atoms with Crippen LogP contribution in [0.3, 0.4) is 0 Å². The number of esters is 1. The van der Waals surface area contributed by atoms with Gasteiger partial charge in [-0.1, -0.05) is 12.1 Å². The van der Waals surface area contributed by atoms with E-state index in [2.05, 4.69) is 5.32 Å². The number of methoxy groups -OCH3 is 1. The molecule has 4 rings (SSSR count). The van der Waals surface area contributed by atoms with Gasteiger partial charge in [-0.2, -0.15) is 0 Å². The zero-order valence-corrected chi connectivity index (χ0v) is 21.1. The molecule has 1 saturated heterocycles. The molecule has 0 aliphatic carbocycles. The molecule has 0 spiro atoms. The first-order chi connectivity index (χ1) is 17.0. The summed E-state index contributed by atoms with van der Waals surface area (Å²) in [5, 5.41) is 2.27. The van der Waals surface area contributed by atoms with E-state index < -0.39 is 23.8 Å². The van der Waals surface area contributed by atoms with Gasteiger partial charge in [-0.3, -0.25) is 14.9 Å². The zero-order valence-electron chi connectivity index (χ0n) is 21.1. The smallest absolute Gasteiger partial charge is 0.338 e. The Hall–Kier alpha value is -4.46. The van der Waals surface area contributed by atoms with Gasteiger partial charge in [-0.15, -0.1) is 0 Å². The third-order valence-electron chi connectivity index (χ3n) is 6.57. The maximum Gasteiger partial charge on any atom is 0.338 e. The summed E-state index contributed by atoms with van der Waals surface area (Å²) in [6.45, 7) is 9.42. The van der Waals surface area contributed by atoms with E-state index in [0.29, 0.717) is 16.8 Å². The van der Waals surface area contributed by atoms with Crippen LogP contribution in [0.25, 0.3) is 11.8 Å². The van der Waals surface area contributed by atoms with Gasteiger partial charge in [0.25, 0.3) is 11.8 Å². The molecule has 36 heavy (non-hydrogen) atoms. The van der Waals surface area contributed by atoms with Gasteiger partial charge in [0.1, 0.15) is 5.57 Å². The van der Waals surface area contributed by atoms with Crippen molar-refractivity contribution in [3.63, 3.8) is 0 Å². The molecule has 1 aliphatic heterocycles. The molecule has 1 aliphatic rings. The van der Waals surface area contributed by atoms with E-state index in [4.69, 9.17) is 4.74 Å². The number of carbonyl (C=O) groups is 4. The third-order valence-corrected chi connectivity index (χ3v) is 6.57. The summed E-state index contributed by atoms with van der Waals surface area (Å²) in [6.07, 6.45) is 1.50. The molecule has 1 aromatic heterocycles. The summed E-state index contributed by atoms with van der Waals surface area (Å²) < 4.78 is 6.85. The van der Waals surface area contributed by atoms with E-state index >= 15 is 0 Å². The van der Waals surface area contributed by atoms with Crippen LogP contribution in [0.2, 0.25) is 0 Å². The summed E-state index contributed by atoms with van der Waals surface area (Å²) >= 11 is 0. The first kappa shape index (κ1) is 24.7. The lowest BCUT2D eigenvalue weighted by Crippen LogP contribution is -2.54. The summed E-state index contributed by atoms with van der Waals surface area (Å²) in [5.41, 5.74) is 6.41. The molecule has 0 radical (unpaired) electrons. The number of hydrogen-bond acceptors (Lipinski definition) is 5. The van der Waals surface area contributed by atoms with E-state index in [0.717, 1.165) is 38.7 Å². The van der Waals surface area contributed by atoms with E-state index in [-0.39, 0.29) is 5.57 Å². The first-order valence-corrected chi connectivity index (χ1v) is 11.4. The Morgan fingerprint density at radius 2 is 1.67 bits per heavy atom. The Balaban J connectivity index is 1.79. The van der Waals surface area contributed by atoms with Crippen molar-refractivity contribution < 1.29 is 23.9 Å². The maximum absolute atomic E-state index is 13.3. The quantitative estimate of drug-likeness (QED) is 0.334. The number of carbonyl (C=O) groups excluding carboxylic acids is 4. The minimum atomic E-state index is -0.786. The van der Waals surface area contributed by atoms with Gasteiger partial charge >= 0.3 is 12.0 Å². The predicted octanol–water partition coefficient (Wildman–Crippen LogP) is 4.47. The molecule has 8 nitrogen and oxygen atoms in total. The van der Waals surface area contributed by atoms with E-state index in [1.807, 2.05) is 57.4 Å². The van der Waals surface area contributed by atoms with E-state index in [1.54, 1.807) is 24.3 Å². The van der Waals surface area contributed by atoms with Crippen LogP contribution in [0.5, 0.6) is 0 Å². The number of barbiturate groups is 1. The lowest BCUT2D eigenvalue weighted by Gasteiger charge is -2.26. The van der Waals surface area contributed by atoms with Crippen molar-refractivity contribution in [3.8, 4) is 5.69 Å². The second kappa shape index (κ2) is 9.30. The maximum atomic E-state index is 13.3. The summed E-state index contributed by atoms with van der Waals surface area (Å²) in [5.74, 6) is -1.88. The monoisotopic (exact) mass is 485 g/mol. The Labute approximate surface area is 209 Å². The number of anilines is 1. The lowest BCUT2D eigenvalue weighted by atomic mass is 10.0. The molecule has 4 amide bonds. The number of imide groups is 2. The van der Waals surface area contributed by atoms with Crippen LogP contribution in [0.4, 0.5) is 10.5 Å². The van der Waals surface area contributed by atoms with Crippen LogP contribution in [0.1, 0.15) is 44.0 Å². The average molecular weight is 486 g/mol. The highest BCUT2D eigenvalue weighted by atomic mass is 16.5. The van der Waals surface area contributed by atoms with Gasteiger partial charge in [-0.25, -0.2) is 14.5 Å². The number of rotatable bonds is 4. The van der Waals surface area contributed by atoms with E-state index in [1.165, 1.54) is 13.2 Å². The van der Waals surface area contributed by atoms with Crippen LogP contribution in [0, 0.1) is 34.6 Å². The zero-order chi connectivity index (χ0) is 26.3. The Morgan fingerprint density at radius 1 is 0.944 bits per heavy atom. The fraction of sp³-hybridized carbons (Fsp3) is 0.214. The molecule has 0 bridgehead atoms. The minimum Gasteiger partial charge on any atom is -0.465 e. The Kier molecular flexibility index (Phi) is 6.37. The summed E-state index contributed by atoms with van der Waals surface area (Å²) in [7, 11) is 1.34. The average Bonchev–Trinajstić information content (AvgIpc) is 3.11. The van der Waals surface area contributed by atoms with Crippen molar-refractivity contribution in [3.05, 3.63) is 87.2 Å². The van der Waals surface area contributed by atoms with Crippen LogP contribution in [0.15, 0.2) is 48.0 Å². The van der Waals surface area contributed by atoms with Gasteiger partial charge in [-0.05, 0) is 93.3 Å². The Morgan fingerprint density at radius 3 is 2.33 bits per heavy atom. The fourth-order valence-corrected chi connectivity index (χ4v) is 4.41. The number of hydrogen-bond donors (Lipinski definition) is 1.